The molecule has 0 fully saturated rings. The minimum atomic E-state index is -0.0116. The summed E-state index contributed by atoms with van der Waals surface area (Å²) in [5.74, 6) is 0. The Kier molecular flexibility index (Phi) is 19.3. The van der Waals surface area contributed by atoms with Gasteiger partial charge in [-0.15, -0.1) is 0 Å². The van der Waals surface area contributed by atoms with E-state index in [0.29, 0.717) is 52.7 Å². The van der Waals surface area contributed by atoms with Crippen molar-refractivity contribution in [2.45, 2.75) is 25.5 Å². The Morgan fingerprint density at radius 3 is 2.38 bits per heavy atom. The number of nitrogens with two attached hydrogens (primary N) is 1. The van der Waals surface area contributed by atoms with Crippen LogP contribution in [0.25, 0.3) is 10.4 Å². The van der Waals surface area contributed by atoms with E-state index in [1.165, 1.54) is 0 Å². The summed E-state index contributed by atoms with van der Waals surface area (Å²) in [5, 5.41) is 6.63. The standard InChI is InChI=1S/C14H31N5O5/c1-20-14(17-6-3-2-5-15)4-8-21-10-12-23-24-13-11-22-9-7-18-19-16/h14,17H,2-13,15H2,1H3. The van der Waals surface area contributed by atoms with Crippen molar-refractivity contribution < 1.29 is 24.0 Å². The predicted molar refractivity (Wildman–Crippen MR) is 89.3 cm³/mol. The molecule has 1 unspecified atom stereocenters. The van der Waals surface area contributed by atoms with Crippen molar-refractivity contribution in [3.63, 3.8) is 0 Å². The summed E-state index contributed by atoms with van der Waals surface area (Å²) in [4.78, 5) is 12.5. The molecule has 0 saturated carbocycles. The maximum Gasteiger partial charge on any atom is 0.109 e. The van der Waals surface area contributed by atoms with Gasteiger partial charge in [-0.1, -0.05) is 5.11 Å². The first kappa shape index (κ1) is 23.0. The van der Waals surface area contributed by atoms with Gasteiger partial charge in [0.05, 0.1) is 26.4 Å². The highest BCUT2D eigenvalue weighted by Gasteiger charge is 2.05. The Bertz CT molecular complexity index is 305. The summed E-state index contributed by atoms with van der Waals surface area (Å²) in [6.07, 6.45) is 2.80. The Balaban J connectivity index is 3.23. The average Bonchev–Trinajstić information content (AvgIpc) is 2.60. The number of azide groups is 1. The monoisotopic (exact) mass is 349 g/mol. The van der Waals surface area contributed by atoms with Crippen LogP contribution in [0.2, 0.25) is 0 Å². The van der Waals surface area contributed by atoms with Crippen molar-refractivity contribution in [1.82, 2.24) is 5.32 Å². The van der Waals surface area contributed by atoms with E-state index in [0.717, 1.165) is 25.8 Å². The van der Waals surface area contributed by atoms with E-state index in [1.54, 1.807) is 7.11 Å². The summed E-state index contributed by atoms with van der Waals surface area (Å²) < 4.78 is 15.9. The Labute approximate surface area is 143 Å². The van der Waals surface area contributed by atoms with Crippen LogP contribution in [0.5, 0.6) is 0 Å². The normalized spacial score (nSPS) is 12.1. The molecule has 0 spiro atoms. The van der Waals surface area contributed by atoms with Gasteiger partial charge in [0.1, 0.15) is 19.4 Å². The second-order valence-corrected chi connectivity index (χ2v) is 4.79. The highest BCUT2D eigenvalue weighted by atomic mass is 17.2. The zero-order valence-electron chi connectivity index (χ0n) is 14.5. The zero-order chi connectivity index (χ0) is 17.7. The molecule has 10 nitrogen and oxygen atoms in total. The molecular formula is C14H31N5O5. The zero-order valence-corrected chi connectivity index (χ0v) is 14.5. The summed E-state index contributed by atoms with van der Waals surface area (Å²) in [5.41, 5.74) is 13.5. The van der Waals surface area contributed by atoms with Crippen molar-refractivity contribution in [3.05, 3.63) is 10.4 Å². The first-order valence-corrected chi connectivity index (χ1v) is 8.22. The summed E-state index contributed by atoms with van der Waals surface area (Å²) in [7, 11) is 1.67. The van der Waals surface area contributed by atoms with Crippen LogP contribution < -0.4 is 11.1 Å². The molecule has 0 aliphatic heterocycles. The average molecular weight is 349 g/mol. The number of nitrogens with one attached hydrogen (secondary N) is 1. The van der Waals surface area contributed by atoms with Crippen LogP contribution in [-0.2, 0) is 24.0 Å². The fourth-order valence-corrected chi connectivity index (χ4v) is 1.68. The van der Waals surface area contributed by atoms with Gasteiger partial charge in [-0.2, -0.15) is 0 Å². The molecule has 0 saturated heterocycles. The highest BCUT2D eigenvalue weighted by molar-refractivity contribution is 4.56. The maximum atomic E-state index is 8.06. The number of methoxy groups -OCH3 is 1. The van der Waals surface area contributed by atoms with Gasteiger partial charge in [-0.3, -0.25) is 5.32 Å². The summed E-state index contributed by atoms with van der Waals surface area (Å²) >= 11 is 0. The van der Waals surface area contributed by atoms with Crippen molar-refractivity contribution in [1.29, 1.82) is 0 Å². The number of nitrogens with zero attached hydrogens (tertiary/aromatic N) is 3. The highest BCUT2D eigenvalue weighted by Crippen LogP contribution is 1.95. The van der Waals surface area contributed by atoms with Gasteiger partial charge in [0, 0.05) is 25.0 Å². The number of hydrogen-bond donors (Lipinski definition) is 2. The summed E-state index contributed by atoms with van der Waals surface area (Å²) in [6.45, 7) is 4.36. The molecule has 1 atom stereocenters. The second kappa shape index (κ2) is 20.1. The van der Waals surface area contributed by atoms with Gasteiger partial charge in [-0.05, 0) is 31.5 Å². The van der Waals surface area contributed by atoms with E-state index in [-0.39, 0.29) is 6.23 Å². The lowest BCUT2D eigenvalue weighted by molar-refractivity contribution is -0.303. The fourth-order valence-electron chi connectivity index (χ4n) is 1.68. The maximum absolute atomic E-state index is 8.06. The molecule has 0 aliphatic carbocycles. The Hall–Kier alpha value is -0.970. The number of rotatable bonds is 19. The molecule has 0 aromatic carbocycles. The lowest BCUT2D eigenvalue weighted by Gasteiger charge is -2.17. The van der Waals surface area contributed by atoms with Gasteiger partial charge >= 0.3 is 0 Å². The van der Waals surface area contributed by atoms with Crippen molar-refractivity contribution >= 4 is 0 Å². The van der Waals surface area contributed by atoms with Crippen LogP contribution >= 0.6 is 0 Å². The van der Waals surface area contributed by atoms with Crippen LogP contribution in [0.3, 0.4) is 0 Å². The summed E-state index contributed by atoms with van der Waals surface area (Å²) in [6, 6.07) is 0. The van der Waals surface area contributed by atoms with Crippen LogP contribution in [-0.4, -0.2) is 72.6 Å². The van der Waals surface area contributed by atoms with Crippen LogP contribution in [0.1, 0.15) is 19.3 Å². The predicted octanol–water partition coefficient (Wildman–Crippen LogP) is 0.969. The molecule has 0 aliphatic rings. The quantitative estimate of drug-likeness (QED) is 0.0675. The van der Waals surface area contributed by atoms with Gasteiger partial charge in [0.15, 0.2) is 0 Å². The van der Waals surface area contributed by atoms with Crippen molar-refractivity contribution in [2.24, 2.45) is 10.8 Å². The van der Waals surface area contributed by atoms with E-state index in [2.05, 4.69) is 15.3 Å². The van der Waals surface area contributed by atoms with E-state index in [4.69, 9.17) is 35.3 Å². The molecular weight excluding hydrogens is 318 g/mol. The van der Waals surface area contributed by atoms with Crippen LogP contribution in [0.4, 0.5) is 0 Å². The minimum Gasteiger partial charge on any atom is -0.379 e. The van der Waals surface area contributed by atoms with E-state index in [9.17, 15) is 0 Å². The van der Waals surface area contributed by atoms with Crippen molar-refractivity contribution in [3.8, 4) is 0 Å². The first-order valence-electron chi connectivity index (χ1n) is 8.22. The molecule has 10 heteroatoms. The van der Waals surface area contributed by atoms with E-state index < -0.39 is 0 Å². The molecule has 0 rings (SSSR count). The first-order chi connectivity index (χ1) is 11.8. The SMILES string of the molecule is COC(CCOCCOOCCOCCN=[N+]=[N-])NCCCCN. The molecule has 3 N–H and O–H groups in total. The molecule has 0 aromatic rings. The third-order valence-corrected chi connectivity index (χ3v) is 2.92. The molecule has 0 bridgehead atoms. The topological polar surface area (TPSA) is 133 Å². The van der Waals surface area contributed by atoms with E-state index >= 15 is 0 Å². The molecule has 142 valence electrons. The number of unbranched alkanes of at least 4 members (excludes halogenated alkanes) is 1. The minimum absolute atomic E-state index is 0.0116. The Morgan fingerprint density at radius 1 is 1.04 bits per heavy atom. The third-order valence-electron chi connectivity index (χ3n) is 2.92. The smallest absolute Gasteiger partial charge is 0.109 e. The third kappa shape index (κ3) is 17.4. The largest absolute Gasteiger partial charge is 0.379 e. The van der Waals surface area contributed by atoms with Gasteiger partial charge in [0.25, 0.3) is 0 Å². The van der Waals surface area contributed by atoms with Gasteiger partial charge in [0.2, 0.25) is 0 Å². The Morgan fingerprint density at radius 2 is 1.75 bits per heavy atom. The van der Waals surface area contributed by atoms with Crippen LogP contribution in [0, 0.1) is 0 Å². The molecule has 0 aromatic heterocycles. The fraction of sp³-hybridized carbons (Fsp3) is 1.00. The number of ether oxygens (including phenoxy) is 3. The lowest BCUT2D eigenvalue weighted by atomic mass is 10.3. The van der Waals surface area contributed by atoms with Crippen LogP contribution in [0.15, 0.2) is 5.11 Å². The molecule has 0 amide bonds. The van der Waals surface area contributed by atoms with Crippen molar-refractivity contribution in [2.75, 3.05) is 66.4 Å². The lowest BCUT2D eigenvalue weighted by Crippen LogP contribution is -2.33. The van der Waals surface area contributed by atoms with Gasteiger partial charge < -0.3 is 19.9 Å². The molecule has 0 heterocycles. The number of hydrogen-bond acceptors (Lipinski definition) is 8. The van der Waals surface area contributed by atoms with E-state index in [1.807, 2.05) is 0 Å². The second-order valence-electron chi connectivity index (χ2n) is 4.79. The molecule has 24 heavy (non-hydrogen) atoms. The van der Waals surface area contributed by atoms with Gasteiger partial charge in [-0.25, -0.2) is 9.78 Å². The molecule has 0 radical (unpaired) electrons.